The van der Waals surface area contributed by atoms with Crippen LogP contribution in [0.15, 0.2) is 42.5 Å². The number of para-hydroxylation sites is 1. The van der Waals surface area contributed by atoms with Crippen molar-refractivity contribution < 1.29 is 14.3 Å². The van der Waals surface area contributed by atoms with E-state index >= 15 is 0 Å². The van der Waals surface area contributed by atoms with Crippen molar-refractivity contribution in [1.82, 2.24) is 0 Å². The molecule has 3 N–H and O–H groups in total. The van der Waals surface area contributed by atoms with E-state index in [1.165, 1.54) is 36.4 Å². The van der Waals surface area contributed by atoms with E-state index in [0.717, 1.165) is 0 Å². The highest BCUT2D eigenvalue weighted by atomic mass is 35.5. The quantitative estimate of drug-likeness (QED) is 0.732. The lowest BCUT2D eigenvalue weighted by atomic mass is 10.3. The molecule has 0 fully saturated rings. The van der Waals surface area contributed by atoms with Gasteiger partial charge in [0.2, 0.25) is 0 Å². The summed E-state index contributed by atoms with van der Waals surface area (Å²) >= 11 is 5.83. The lowest BCUT2D eigenvalue weighted by molar-refractivity contribution is 0.262. The molecule has 0 spiro atoms. The van der Waals surface area contributed by atoms with Crippen molar-refractivity contribution in [3.05, 3.63) is 53.3 Å². The van der Waals surface area contributed by atoms with Crippen LogP contribution in [0.25, 0.3) is 0 Å². The summed E-state index contributed by atoms with van der Waals surface area (Å²) in [5.41, 5.74) is 0.378. The number of rotatable bonds is 2. The second kappa shape index (κ2) is 5.58. The Hall–Kier alpha value is -2.27. The molecule has 0 aliphatic heterocycles. The molecule has 0 aromatic heterocycles. The molecule has 0 unspecified atom stereocenters. The molecule has 2 aromatic rings. The normalized spacial score (nSPS) is 10.0. The first-order valence-corrected chi connectivity index (χ1v) is 5.75. The van der Waals surface area contributed by atoms with Crippen LogP contribution in [0.3, 0.4) is 0 Å². The van der Waals surface area contributed by atoms with Crippen LogP contribution in [-0.4, -0.2) is 11.1 Å². The van der Waals surface area contributed by atoms with Crippen molar-refractivity contribution in [2.24, 2.45) is 0 Å². The Morgan fingerprint density at radius 1 is 1.11 bits per heavy atom. The first-order valence-electron chi connectivity index (χ1n) is 5.37. The Morgan fingerprint density at radius 2 is 1.79 bits per heavy atom. The molecule has 0 aliphatic rings. The molecular formula is C13H10ClFN2O2. The van der Waals surface area contributed by atoms with E-state index in [-0.39, 0.29) is 16.5 Å². The number of nitrogens with one attached hydrogen (secondary N) is 2. The third kappa shape index (κ3) is 3.35. The third-order valence-corrected chi connectivity index (χ3v) is 2.64. The summed E-state index contributed by atoms with van der Waals surface area (Å²) in [6.45, 7) is 0. The molecule has 2 aromatic carbocycles. The predicted octanol–water partition coefficient (Wildman–Crippen LogP) is 3.83. The lowest BCUT2D eigenvalue weighted by Crippen LogP contribution is -2.20. The molecule has 2 amide bonds. The highest BCUT2D eigenvalue weighted by molar-refractivity contribution is 6.34. The number of phenolic OH excluding ortho intramolecular Hbond substituents is 1. The number of urea groups is 1. The second-order valence-corrected chi connectivity index (χ2v) is 4.13. The van der Waals surface area contributed by atoms with Gasteiger partial charge in [-0.05, 0) is 24.3 Å². The highest BCUT2D eigenvalue weighted by Gasteiger charge is 2.08. The van der Waals surface area contributed by atoms with Gasteiger partial charge in [0.15, 0.2) is 0 Å². The maximum absolute atomic E-state index is 13.3. The Balaban J connectivity index is 2.08. The molecule has 4 nitrogen and oxygen atoms in total. The monoisotopic (exact) mass is 280 g/mol. The van der Waals surface area contributed by atoms with Crippen molar-refractivity contribution >= 4 is 29.0 Å². The maximum atomic E-state index is 13.3. The van der Waals surface area contributed by atoms with Crippen LogP contribution in [0.5, 0.6) is 5.75 Å². The van der Waals surface area contributed by atoms with E-state index in [1.807, 2.05) is 0 Å². The summed E-state index contributed by atoms with van der Waals surface area (Å²) in [4.78, 5) is 11.7. The fourth-order valence-electron chi connectivity index (χ4n) is 1.44. The van der Waals surface area contributed by atoms with Gasteiger partial charge in [-0.15, -0.1) is 0 Å². The molecule has 0 radical (unpaired) electrons. The van der Waals surface area contributed by atoms with Crippen molar-refractivity contribution in [3.63, 3.8) is 0 Å². The number of hydrogen-bond acceptors (Lipinski definition) is 2. The van der Waals surface area contributed by atoms with Gasteiger partial charge in [-0.25, -0.2) is 9.18 Å². The number of halogens is 2. The van der Waals surface area contributed by atoms with E-state index in [0.29, 0.717) is 5.69 Å². The summed E-state index contributed by atoms with van der Waals surface area (Å²) in [5.74, 6) is -0.542. The average molecular weight is 281 g/mol. The predicted molar refractivity (Wildman–Crippen MR) is 72.2 cm³/mol. The second-order valence-electron chi connectivity index (χ2n) is 3.72. The third-order valence-electron chi connectivity index (χ3n) is 2.32. The number of carbonyl (C=O) groups excluding carboxylic acids is 1. The summed E-state index contributed by atoms with van der Waals surface area (Å²) in [6.07, 6.45) is 0. The van der Waals surface area contributed by atoms with Gasteiger partial charge in [0.25, 0.3) is 0 Å². The summed E-state index contributed by atoms with van der Waals surface area (Å²) in [5, 5.41) is 14.2. The van der Waals surface area contributed by atoms with Crippen LogP contribution in [0, 0.1) is 5.82 Å². The Kier molecular flexibility index (Phi) is 3.87. The standard InChI is InChI=1S/C13H10ClFN2O2/c14-9-7-8(18)5-6-11(9)16-13(19)17-12-4-2-1-3-10(12)15/h1-7,18H,(H2,16,17,19). The Morgan fingerprint density at radius 3 is 2.47 bits per heavy atom. The van der Waals surface area contributed by atoms with Gasteiger partial charge >= 0.3 is 6.03 Å². The number of carbonyl (C=O) groups is 1. The fourth-order valence-corrected chi connectivity index (χ4v) is 1.67. The highest BCUT2D eigenvalue weighted by Crippen LogP contribution is 2.26. The van der Waals surface area contributed by atoms with E-state index < -0.39 is 11.8 Å². The van der Waals surface area contributed by atoms with E-state index in [4.69, 9.17) is 11.6 Å². The number of aromatic hydroxyl groups is 1. The molecule has 19 heavy (non-hydrogen) atoms. The average Bonchev–Trinajstić information content (AvgIpc) is 2.36. The first-order chi connectivity index (χ1) is 9.06. The summed E-state index contributed by atoms with van der Waals surface area (Å²) in [7, 11) is 0. The molecule has 0 saturated heterocycles. The number of phenols is 1. The minimum Gasteiger partial charge on any atom is -0.508 e. The molecule has 6 heteroatoms. The molecule has 0 atom stereocenters. The van der Waals surface area contributed by atoms with Gasteiger partial charge < -0.3 is 15.7 Å². The van der Waals surface area contributed by atoms with E-state index in [1.54, 1.807) is 6.07 Å². The van der Waals surface area contributed by atoms with Gasteiger partial charge in [0, 0.05) is 6.07 Å². The van der Waals surface area contributed by atoms with Crippen LogP contribution in [0.1, 0.15) is 0 Å². The van der Waals surface area contributed by atoms with Crippen molar-refractivity contribution in [2.45, 2.75) is 0 Å². The van der Waals surface area contributed by atoms with Crippen LogP contribution in [0.2, 0.25) is 5.02 Å². The molecule has 0 saturated carbocycles. The van der Waals surface area contributed by atoms with Crippen LogP contribution in [0.4, 0.5) is 20.6 Å². The number of anilines is 2. The largest absolute Gasteiger partial charge is 0.508 e. The Bertz CT molecular complexity index is 619. The minimum absolute atomic E-state index is 0.00920. The molecule has 2 rings (SSSR count). The van der Waals surface area contributed by atoms with Gasteiger partial charge in [0.1, 0.15) is 11.6 Å². The zero-order valence-corrected chi connectivity index (χ0v) is 10.4. The zero-order valence-electron chi connectivity index (χ0n) is 9.65. The molecular weight excluding hydrogens is 271 g/mol. The van der Waals surface area contributed by atoms with E-state index in [9.17, 15) is 14.3 Å². The van der Waals surface area contributed by atoms with E-state index in [2.05, 4.69) is 10.6 Å². The Labute approximate surface area is 113 Å². The number of amides is 2. The smallest absolute Gasteiger partial charge is 0.323 e. The van der Waals surface area contributed by atoms with Gasteiger partial charge in [-0.1, -0.05) is 23.7 Å². The number of benzene rings is 2. The minimum atomic E-state index is -0.627. The summed E-state index contributed by atoms with van der Waals surface area (Å²) < 4.78 is 13.3. The van der Waals surface area contributed by atoms with Gasteiger partial charge in [0.05, 0.1) is 16.4 Å². The molecule has 98 valence electrons. The zero-order chi connectivity index (χ0) is 13.8. The first kappa shape index (κ1) is 13.2. The summed E-state index contributed by atoms with van der Waals surface area (Å²) in [6, 6.07) is 9.29. The maximum Gasteiger partial charge on any atom is 0.323 e. The van der Waals surface area contributed by atoms with Gasteiger partial charge in [-0.2, -0.15) is 0 Å². The molecule has 0 aliphatic carbocycles. The fraction of sp³-hybridized carbons (Fsp3) is 0. The lowest BCUT2D eigenvalue weighted by Gasteiger charge is -2.09. The van der Waals surface area contributed by atoms with Crippen molar-refractivity contribution in [3.8, 4) is 5.75 Å². The van der Waals surface area contributed by atoms with Crippen molar-refractivity contribution in [2.75, 3.05) is 10.6 Å². The van der Waals surface area contributed by atoms with Crippen molar-refractivity contribution in [1.29, 1.82) is 0 Å². The van der Waals surface area contributed by atoms with Crippen LogP contribution < -0.4 is 10.6 Å². The molecule has 0 bridgehead atoms. The van der Waals surface area contributed by atoms with Crippen LogP contribution >= 0.6 is 11.6 Å². The topological polar surface area (TPSA) is 61.4 Å². The molecule has 0 heterocycles. The van der Waals surface area contributed by atoms with Gasteiger partial charge in [-0.3, -0.25) is 0 Å². The van der Waals surface area contributed by atoms with Crippen LogP contribution in [-0.2, 0) is 0 Å². The number of hydrogen-bond donors (Lipinski definition) is 3. The SMILES string of the molecule is O=C(Nc1ccccc1F)Nc1ccc(O)cc1Cl.